The number of carboxylic acids is 1. The fourth-order valence-electron chi connectivity index (χ4n) is 5.15. The van der Waals surface area contributed by atoms with Crippen LogP contribution in [0.5, 0.6) is 0 Å². The molecule has 194 valence electrons. The molecule has 2 aromatic heterocycles. The standard InChI is InChI=1S/C27H24ClFN6O3/c28-17-3-5-22-19(14-17)20(23(36)7-8-24(37)38)15-35(22)27-31-25(33-10-1-2-11-33)30-26(32-27)34-12-9-16-13-18(29)4-6-21(16)34/h3-6,13-15H,1-2,7-12H2,(H,37,38). The molecule has 2 aromatic carbocycles. The molecule has 4 aromatic rings. The molecule has 0 bridgehead atoms. The molecular weight excluding hydrogens is 511 g/mol. The molecule has 0 amide bonds. The van der Waals surface area contributed by atoms with Crippen molar-refractivity contribution in [1.29, 1.82) is 0 Å². The molecule has 2 aliphatic rings. The average molecular weight is 535 g/mol. The number of Topliss-reactive ketones (excluding diaryl/α,β-unsaturated/α-hetero) is 1. The Bertz CT molecular complexity index is 1580. The van der Waals surface area contributed by atoms with E-state index >= 15 is 0 Å². The summed E-state index contributed by atoms with van der Waals surface area (Å²) in [6, 6.07) is 9.91. The van der Waals surface area contributed by atoms with Crippen molar-refractivity contribution >= 4 is 51.8 Å². The molecule has 4 heterocycles. The van der Waals surface area contributed by atoms with E-state index in [1.165, 1.54) is 12.1 Å². The van der Waals surface area contributed by atoms with Crippen molar-refractivity contribution in [3.63, 3.8) is 0 Å². The van der Waals surface area contributed by atoms with Gasteiger partial charge in [-0.2, -0.15) is 15.0 Å². The van der Waals surface area contributed by atoms with Crippen LogP contribution >= 0.6 is 11.6 Å². The molecule has 0 spiro atoms. The summed E-state index contributed by atoms with van der Waals surface area (Å²) < 4.78 is 15.6. The first-order valence-corrected chi connectivity index (χ1v) is 12.9. The normalized spacial score (nSPS) is 14.9. The highest BCUT2D eigenvalue weighted by Crippen LogP contribution is 2.35. The zero-order chi connectivity index (χ0) is 26.4. The Morgan fingerprint density at radius 2 is 1.71 bits per heavy atom. The van der Waals surface area contributed by atoms with Crippen LogP contribution in [0.3, 0.4) is 0 Å². The molecular formula is C27H24ClFN6O3. The van der Waals surface area contributed by atoms with Gasteiger partial charge < -0.3 is 14.9 Å². The maximum atomic E-state index is 13.8. The number of hydrogen-bond acceptors (Lipinski definition) is 7. The molecule has 1 saturated heterocycles. The molecule has 1 fully saturated rings. The van der Waals surface area contributed by atoms with Crippen molar-refractivity contribution < 1.29 is 19.1 Å². The summed E-state index contributed by atoms with van der Waals surface area (Å²) in [5.41, 5.74) is 2.77. The topological polar surface area (TPSA) is 104 Å². The Hall–Kier alpha value is -4.05. The van der Waals surface area contributed by atoms with Crippen molar-refractivity contribution in [2.24, 2.45) is 0 Å². The Labute approximate surface area is 222 Å². The van der Waals surface area contributed by atoms with Gasteiger partial charge in [-0.1, -0.05) is 11.6 Å². The number of aliphatic carboxylic acids is 1. The average Bonchev–Trinajstić information content (AvgIpc) is 3.65. The minimum absolute atomic E-state index is 0.135. The molecule has 0 unspecified atom stereocenters. The summed E-state index contributed by atoms with van der Waals surface area (Å²) >= 11 is 6.26. The Morgan fingerprint density at radius 1 is 0.947 bits per heavy atom. The summed E-state index contributed by atoms with van der Waals surface area (Å²) in [5.74, 6) is -0.315. The van der Waals surface area contributed by atoms with Crippen molar-refractivity contribution in [2.45, 2.75) is 32.1 Å². The van der Waals surface area contributed by atoms with Crippen LogP contribution in [0, 0.1) is 5.82 Å². The first-order valence-electron chi connectivity index (χ1n) is 12.5. The lowest BCUT2D eigenvalue weighted by Crippen LogP contribution is -2.25. The van der Waals surface area contributed by atoms with Crippen molar-refractivity contribution in [3.8, 4) is 5.95 Å². The summed E-state index contributed by atoms with van der Waals surface area (Å²) in [5, 5.41) is 10.1. The predicted molar refractivity (Wildman–Crippen MR) is 141 cm³/mol. The fourth-order valence-corrected chi connectivity index (χ4v) is 5.33. The zero-order valence-corrected chi connectivity index (χ0v) is 21.2. The van der Waals surface area contributed by atoms with Gasteiger partial charge in [0.15, 0.2) is 5.78 Å². The van der Waals surface area contributed by atoms with Crippen molar-refractivity contribution in [3.05, 3.63) is 64.6 Å². The molecule has 9 nitrogen and oxygen atoms in total. The lowest BCUT2D eigenvalue weighted by Gasteiger charge is -2.21. The Balaban J connectivity index is 1.49. The number of nitrogens with zero attached hydrogens (tertiary/aromatic N) is 6. The second kappa shape index (κ2) is 9.68. The number of ketones is 1. The Morgan fingerprint density at radius 3 is 2.50 bits per heavy atom. The number of hydrogen-bond donors (Lipinski definition) is 1. The van der Waals surface area contributed by atoms with E-state index in [-0.39, 0.29) is 24.4 Å². The summed E-state index contributed by atoms with van der Waals surface area (Å²) in [6.07, 6.45) is 3.98. The number of benzene rings is 2. The van der Waals surface area contributed by atoms with Gasteiger partial charge in [0.1, 0.15) is 5.82 Å². The van der Waals surface area contributed by atoms with Crippen LogP contribution < -0.4 is 9.80 Å². The van der Waals surface area contributed by atoms with E-state index in [0.717, 1.165) is 37.2 Å². The van der Waals surface area contributed by atoms with Gasteiger partial charge >= 0.3 is 5.97 Å². The summed E-state index contributed by atoms with van der Waals surface area (Å²) in [4.78, 5) is 42.6. The third kappa shape index (κ3) is 4.45. The number of fused-ring (bicyclic) bond motifs is 2. The van der Waals surface area contributed by atoms with E-state index in [1.807, 2.05) is 4.90 Å². The van der Waals surface area contributed by atoms with Gasteiger partial charge in [0.05, 0.1) is 11.9 Å². The summed E-state index contributed by atoms with van der Waals surface area (Å²) in [6.45, 7) is 2.25. The molecule has 11 heteroatoms. The summed E-state index contributed by atoms with van der Waals surface area (Å²) in [7, 11) is 0. The van der Waals surface area contributed by atoms with Crippen LogP contribution in [0.25, 0.3) is 16.9 Å². The van der Waals surface area contributed by atoms with E-state index in [4.69, 9.17) is 31.7 Å². The first kappa shape index (κ1) is 24.3. The molecule has 0 radical (unpaired) electrons. The highest BCUT2D eigenvalue weighted by Gasteiger charge is 2.27. The van der Waals surface area contributed by atoms with E-state index in [0.29, 0.717) is 52.3 Å². The monoisotopic (exact) mass is 534 g/mol. The predicted octanol–water partition coefficient (Wildman–Crippen LogP) is 4.95. The third-order valence-corrected chi connectivity index (χ3v) is 7.25. The third-order valence-electron chi connectivity index (χ3n) is 7.02. The number of carboxylic acid groups (broad SMARTS) is 1. The lowest BCUT2D eigenvalue weighted by atomic mass is 10.1. The maximum absolute atomic E-state index is 13.8. The van der Waals surface area contributed by atoms with Crippen LogP contribution in [0.1, 0.15) is 41.6 Å². The van der Waals surface area contributed by atoms with Gasteiger partial charge in [0.2, 0.25) is 17.8 Å². The smallest absolute Gasteiger partial charge is 0.303 e. The number of halogens is 2. The second-order valence-electron chi connectivity index (χ2n) is 9.50. The van der Waals surface area contributed by atoms with Crippen molar-refractivity contribution in [1.82, 2.24) is 19.5 Å². The number of carbonyl (C=O) groups excluding carboxylic acids is 1. The van der Waals surface area contributed by atoms with Crippen LogP contribution in [-0.2, 0) is 11.2 Å². The van der Waals surface area contributed by atoms with Crippen LogP contribution in [0.4, 0.5) is 22.0 Å². The molecule has 2 aliphatic heterocycles. The van der Waals surface area contributed by atoms with E-state index in [9.17, 15) is 14.0 Å². The number of aromatic nitrogens is 4. The quantitative estimate of drug-likeness (QED) is 0.332. The number of anilines is 3. The number of rotatable bonds is 7. The first-order chi connectivity index (χ1) is 18.4. The number of carbonyl (C=O) groups is 2. The SMILES string of the molecule is O=C(O)CCC(=O)c1cn(-c2nc(N3CCCC3)nc(N3CCc4cc(F)ccc43)n2)c2ccc(Cl)cc12. The van der Waals surface area contributed by atoms with Crippen molar-refractivity contribution in [2.75, 3.05) is 29.4 Å². The van der Waals surface area contributed by atoms with Gasteiger partial charge in [-0.25, -0.2) is 4.39 Å². The fraction of sp³-hybridized carbons (Fsp3) is 0.296. The van der Waals surface area contributed by atoms with Gasteiger partial charge in [0.25, 0.3) is 0 Å². The molecule has 1 N–H and O–H groups in total. The van der Waals surface area contributed by atoms with Gasteiger partial charge in [-0.3, -0.25) is 14.2 Å². The second-order valence-corrected chi connectivity index (χ2v) is 9.93. The highest BCUT2D eigenvalue weighted by atomic mass is 35.5. The molecule has 6 rings (SSSR count). The van der Waals surface area contributed by atoms with Gasteiger partial charge in [-0.15, -0.1) is 0 Å². The van der Waals surface area contributed by atoms with Crippen LogP contribution in [-0.4, -0.2) is 56.0 Å². The molecule has 0 aliphatic carbocycles. The van der Waals surface area contributed by atoms with Crippen LogP contribution in [0.15, 0.2) is 42.6 Å². The molecule has 38 heavy (non-hydrogen) atoms. The largest absolute Gasteiger partial charge is 0.481 e. The molecule has 0 saturated carbocycles. The van der Waals surface area contributed by atoms with Crippen LogP contribution in [0.2, 0.25) is 5.02 Å². The van der Waals surface area contributed by atoms with E-state index in [1.54, 1.807) is 35.0 Å². The molecule has 0 atom stereocenters. The maximum Gasteiger partial charge on any atom is 0.303 e. The lowest BCUT2D eigenvalue weighted by molar-refractivity contribution is -0.136. The van der Waals surface area contributed by atoms with Gasteiger partial charge in [-0.05, 0) is 61.2 Å². The zero-order valence-electron chi connectivity index (χ0n) is 20.4. The van der Waals surface area contributed by atoms with E-state index < -0.39 is 5.97 Å². The van der Waals surface area contributed by atoms with Gasteiger partial charge in [0, 0.05) is 53.9 Å². The minimum atomic E-state index is -1.04. The minimum Gasteiger partial charge on any atom is -0.481 e. The van der Waals surface area contributed by atoms with E-state index in [2.05, 4.69) is 4.90 Å². The Kier molecular flexibility index (Phi) is 6.19. The highest BCUT2D eigenvalue weighted by molar-refractivity contribution is 6.31.